The van der Waals surface area contributed by atoms with Gasteiger partial charge in [-0.25, -0.2) is 4.98 Å². The molecule has 0 radical (unpaired) electrons. The summed E-state index contributed by atoms with van der Waals surface area (Å²) in [5.41, 5.74) is 2.38. The number of para-hydroxylation sites is 3. The Kier molecular flexibility index (Phi) is 3.92. The summed E-state index contributed by atoms with van der Waals surface area (Å²) in [6.07, 6.45) is 0.842. The minimum Gasteiger partial charge on any atom is -0.438 e. The quantitative estimate of drug-likeness (QED) is 0.663. The summed E-state index contributed by atoms with van der Waals surface area (Å²) in [5.74, 6) is 0.727. The van der Waals surface area contributed by atoms with Crippen LogP contribution < -0.4 is 4.90 Å². The highest BCUT2D eigenvalue weighted by molar-refractivity contribution is 5.77. The molecule has 4 nitrogen and oxygen atoms in total. The molecule has 0 aliphatic carbocycles. The Bertz CT molecular complexity index is 732. The maximum absolute atomic E-state index is 11.7. The Morgan fingerprint density at radius 3 is 2.36 bits per heavy atom. The number of rotatable bonds is 5. The van der Waals surface area contributed by atoms with Gasteiger partial charge in [0.2, 0.25) is 12.3 Å². The maximum atomic E-state index is 11.7. The molecule has 3 rings (SSSR count). The van der Waals surface area contributed by atoms with Crippen molar-refractivity contribution in [3.05, 3.63) is 60.5 Å². The number of nitrogens with zero attached hydrogens (tertiary/aromatic N) is 2. The monoisotopic (exact) mass is 294 g/mol. The zero-order valence-electron chi connectivity index (χ0n) is 12.6. The van der Waals surface area contributed by atoms with Gasteiger partial charge < -0.3 is 9.32 Å². The van der Waals surface area contributed by atoms with E-state index < -0.39 is 0 Å². The number of carbonyl (C=O) groups is 1. The van der Waals surface area contributed by atoms with Crippen LogP contribution in [0.4, 0.5) is 5.69 Å². The number of anilines is 1. The molecule has 0 spiro atoms. The van der Waals surface area contributed by atoms with Crippen LogP contribution in [0.1, 0.15) is 25.8 Å². The molecule has 1 unspecified atom stereocenters. The predicted molar refractivity (Wildman–Crippen MR) is 86.6 cm³/mol. The van der Waals surface area contributed by atoms with Gasteiger partial charge in [0.1, 0.15) is 11.6 Å². The second kappa shape index (κ2) is 6.02. The number of aromatic nitrogens is 1. The molecular weight excluding hydrogens is 276 g/mol. The molecule has 112 valence electrons. The summed E-state index contributed by atoms with van der Waals surface area (Å²) in [6, 6.07) is 17.0. The third-order valence-corrected chi connectivity index (χ3v) is 3.66. The zero-order chi connectivity index (χ0) is 15.5. The fourth-order valence-corrected chi connectivity index (χ4v) is 2.63. The number of fused-ring (bicyclic) bond motifs is 1. The van der Waals surface area contributed by atoms with Crippen LogP contribution in [-0.2, 0) is 4.79 Å². The lowest BCUT2D eigenvalue weighted by Crippen LogP contribution is -2.31. The van der Waals surface area contributed by atoms with Crippen molar-refractivity contribution in [1.29, 1.82) is 0 Å². The Morgan fingerprint density at radius 1 is 1.05 bits per heavy atom. The van der Waals surface area contributed by atoms with Crippen LogP contribution in [0.3, 0.4) is 0 Å². The Balaban J connectivity index is 2.06. The van der Waals surface area contributed by atoms with E-state index in [2.05, 4.69) is 18.8 Å². The molecule has 0 N–H and O–H groups in total. The van der Waals surface area contributed by atoms with Gasteiger partial charge in [-0.2, -0.15) is 0 Å². The van der Waals surface area contributed by atoms with Crippen LogP contribution >= 0.6 is 0 Å². The van der Waals surface area contributed by atoms with Crippen molar-refractivity contribution in [1.82, 2.24) is 4.98 Å². The van der Waals surface area contributed by atoms with Crippen LogP contribution in [0.15, 0.2) is 59.0 Å². The van der Waals surface area contributed by atoms with E-state index in [1.54, 1.807) is 4.90 Å². The summed E-state index contributed by atoms with van der Waals surface area (Å²) in [7, 11) is 0. The van der Waals surface area contributed by atoms with Gasteiger partial charge in [0, 0.05) is 5.69 Å². The lowest BCUT2D eigenvalue weighted by molar-refractivity contribution is -0.108. The molecule has 0 saturated carbocycles. The van der Waals surface area contributed by atoms with Crippen LogP contribution in [-0.4, -0.2) is 11.4 Å². The Morgan fingerprint density at radius 2 is 1.73 bits per heavy atom. The third-order valence-electron chi connectivity index (χ3n) is 3.66. The SMILES string of the molecule is CC(C)C(c1nc2ccccc2o1)N(C=O)c1ccccc1. The average Bonchev–Trinajstić information content (AvgIpc) is 2.96. The molecule has 0 fully saturated rings. The molecule has 1 aromatic heterocycles. The van der Waals surface area contributed by atoms with Gasteiger partial charge in [-0.3, -0.25) is 4.79 Å². The van der Waals surface area contributed by atoms with Crippen LogP contribution in [0.25, 0.3) is 11.1 Å². The van der Waals surface area contributed by atoms with Crippen LogP contribution in [0.5, 0.6) is 0 Å². The second-order valence-corrected chi connectivity index (χ2v) is 5.56. The van der Waals surface area contributed by atoms with Gasteiger partial charge >= 0.3 is 0 Å². The number of oxazole rings is 1. The summed E-state index contributed by atoms with van der Waals surface area (Å²) in [5, 5.41) is 0. The third kappa shape index (κ3) is 2.60. The van der Waals surface area contributed by atoms with Crippen molar-refractivity contribution in [3.8, 4) is 0 Å². The minimum absolute atomic E-state index is 0.165. The van der Waals surface area contributed by atoms with Gasteiger partial charge in [0.05, 0.1) is 0 Å². The number of hydrogen-bond acceptors (Lipinski definition) is 3. The molecule has 0 aliphatic rings. The van der Waals surface area contributed by atoms with E-state index in [1.807, 2.05) is 54.6 Å². The highest BCUT2D eigenvalue weighted by Gasteiger charge is 2.28. The molecule has 3 aromatic rings. The van der Waals surface area contributed by atoms with Crippen molar-refractivity contribution in [2.45, 2.75) is 19.9 Å². The fourth-order valence-electron chi connectivity index (χ4n) is 2.63. The van der Waals surface area contributed by atoms with Crippen molar-refractivity contribution in [2.24, 2.45) is 5.92 Å². The molecular formula is C18H18N2O2. The summed E-state index contributed by atoms with van der Waals surface area (Å²) >= 11 is 0. The van der Waals surface area contributed by atoms with Gasteiger partial charge in [-0.15, -0.1) is 0 Å². The topological polar surface area (TPSA) is 46.3 Å². The van der Waals surface area contributed by atoms with Gasteiger partial charge in [-0.1, -0.05) is 44.2 Å². The number of carbonyl (C=O) groups excluding carboxylic acids is 1. The van der Waals surface area contributed by atoms with E-state index in [0.29, 0.717) is 5.89 Å². The molecule has 1 amide bonds. The molecule has 0 aliphatic heterocycles. The van der Waals surface area contributed by atoms with Crippen molar-refractivity contribution >= 4 is 23.2 Å². The molecule has 2 aromatic carbocycles. The standard InChI is InChI=1S/C18H18N2O2/c1-13(2)17(20(12-21)14-8-4-3-5-9-14)18-19-15-10-6-7-11-16(15)22-18/h3-13,17H,1-2H3. The summed E-state index contributed by atoms with van der Waals surface area (Å²) in [6.45, 7) is 4.11. The second-order valence-electron chi connectivity index (χ2n) is 5.56. The highest BCUT2D eigenvalue weighted by atomic mass is 16.3. The predicted octanol–water partition coefficient (Wildman–Crippen LogP) is 4.19. The maximum Gasteiger partial charge on any atom is 0.218 e. The first kappa shape index (κ1) is 14.3. The van der Waals surface area contributed by atoms with E-state index in [0.717, 1.165) is 23.2 Å². The lowest BCUT2D eigenvalue weighted by Gasteiger charge is -2.28. The smallest absolute Gasteiger partial charge is 0.218 e. The summed E-state index contributed by atoms with van der Waals surface area (Å²) in [4.78, 5) is 17.9. The number of benzene rings is 2. The molecule has 0 bridgehead atoms. The van der Waals surface area contributed by atoms with Gasteiger partial charge in [-0.05, 0) is 30.2 Å². The normalized spacial score (nSPS) is 12.5. The van der Waals surface area contributed by atoms with Crippen molar-refractivity contribution in [2.75, 3.05) is 4.90 Å². The Labute approximate surface area is 129 Å². The first-order valence-corrected chi connectivity index (χ1v) is 7.35. The largest absolute Gasteiger partial charge is 0.438 e. The lowest BCUT2D eigenvalue weighted by atomic mass is 10.0. The average molecular weight is 294 g/mol. The van der Waals surface area contributed by atoms with E-state index in [9.17, 15) is 4.79 Å². The first-order chi connectivity index (χ1) is 10.7. The number of hydrogen-bond donors (Lipinski definition) is 0. The minimum atomic E-state index is -0.243. The van der Waals surface area contributed by atoms with E-state index in [-0.39, 0.29) is 12.0 Å². The summed E-state index contributed by atoms with van der Waals surface area (Å²) < 4.78 is 5.88. The fraction of sp³-hybridized carbons (Fsp3) is 0.222. The number of amides is 1. The van der Waals surface area contributed by atoms with E-state index in [1.165, 1.54) is 0 Å². The van der Waals surface area contributed by atoms with Crippen molar-refractivity contribution < 1.29 is 9.21 Å². The van der Waals surface area contributed by atoms with Gasteiger partial charge in [0.15, 0.2) is 5.58 Å². The van der Waals surface area contributed by atoms with Crippen LogP contribution in [0.2, 0.25) is 0 Å². The van der Waals surface area contributed by atoms with E-state index in [4.69, 9.17) is 4.42 Å². The zero-order valence-corrected chi connectivity index (χ0v) is 12.6. The van der Waals surface area contributed by atoms with Crippen LogP contribution in [0, 0.1) is 5.92 Å². The molecule has 1 heterocycles. The Hall–Kier alpha value is -2.62. The first-order valence-electron chi connectivity index (χ1n) is 7.35. The molecule has 0 saturated heterocycles. The highest BCUT2D eigenvalue weighted by Crippen LogP contribution is 2.32. The van der Waals surface area contributed by atoms with Crippen molar-refractivity contribution in [3.63, 3.8) is 0 Å². The van der Waals surface area contributed by atoms with E-state index >= 15 is 0 Å². The van der Waals surface area contributed by atoms with Gasteiger partial charge in [0.25, 0.3) is 0 Å². The molecule has 4 heteroatoms. The molecule has 1 atom stereocenters. The molecule has 22 heavy (non-hydrogen) atoms.